The molecule has 0 aliphatic rings. The van der Waals surface area contributed by atoms with Crippen LogP contribution < -0.4 is 10.0 Å². The highest BCUT2D eigenvalue weighted by atomic mass is 32.2. The Morgan fingerprint density at radius 2 is 2.00 bits per heavy atom. The highest BCUT2D eigenvalue weighted by Crippen LogP contribution is 2.08. The number of carbonyl (C=O) groups is 2. The number of ether oxygens (including phenoxy) is 2. The van der Waals surface area contributed by atoms with Crippen molar-refractivity contribution in [2.45, 2.75) is 37.3 Å². The lowest BCUT2D eigenvalue weighted by molar-refractivity contribution is -0.142. The van der Waals surface area contributed by atoms with Crippen molar-refractivity contribution in [3.63, 3.8) is 0 Å². The van der Waals surface area contributed by atoms with Crippen molar-refractivity contribution in [1.29, 1.82) is 0 Å². The fourth-order valence-corrected chi connectivity index (χ4v) is 2.72. The number of rotatable bonds is 6. The van der Waals surface area contributed by atoms with Gasteiger partial charge in [0, 0.05) is 18.9 Å². The summed E-state index contributed by atoms with van der Waals surface area (Å²) in [4.78, 5) is 27.0. The van der Waals surface area contributed by atoms with Crippen LogP contribution >= 0.6 is 0 Å². The van der Waals surface area contributed by atoms with Crippen molar-refractivity contribution in [3.05, 3.63) is 24.5 Å². The van der Waals surface area contributed by atoms with E-state index in [1.54, 1.807) is 20.8 Å². The van der Waals surface area contributed by atoms with Gasteiger partial charge >= 0.3 is 12.1 Å². The maximum atomic E-state index is 12.2. The number of hydrogen-bond donors (Lipinski definition) is 2. The number of amides is 1. The fourth-order valence-electron chi connectivity index (χ4n) is 1.58. The quantitative estimate of drug-likeness (QED) is 0.706. The fraction of sp³-hybridized carbons (Fsp3) is 0.500. The molecule has 0 spiro atoms. The molecule has 10 heteroatoms. The Balaban J connectivity index is 2.80. The summed E-state index contributed by atoms with van der Waals surface area (Å²) in [6.07, 6.45) is 1.77. The van der Waals surface area contributed by atoms with Crippen molar-refractivity contribution in [3.8, 4) is 0 Å². The summed E-state index contributed by atoms with van der Waals surface area (Å²) >= 11 is 0. The average Bonchev–Trinajstić information content (AvgIpc) is 2.49. The summed E-state index contributed by atoms with van der Waals surface area (Å²) in [5.74, 6) is -0.849. The molecule has 1 amide bonds. The average molecular weight is 359 g/mol. The topological polar surface area (TPSA) is 124 Å². The first kappa shape index (κ1) is 19.8. The van der Waals surface area contributed by atoms with Crippen LogP contribution in [0.3, 0.4) is 0 Å². The van der Waals surface area contributed by atoms with Crippen LogP contribution in [-0.2, 0) is 24.3 Å². The first-order chi connectivity index (χ1) is 11.0. The van der Waals surface area contributed by atoms with E-state index in [0.29, 0.717) is 0 Å². The molecule has 134 valence electrons. The molecule has 0 bridgehead atoms. The largest absolute Gasteiger partial charge is 0.468 e. The van der Waals surface area contributed by atoms with Crippen LogP contribution in [0.1, 0.15) is 20.8 Å². The van der Waals surface area contributed by atoms with Crippen LogP contribution in [-0.4, -0.2) is 50.8 Å². The molecule has 0 unspecified atom stereocenters. The Bertz CT molecular complexity index is 670. The molecule has 0 aromatic carbocycles. The first-order valence-electron chi connectivity index (χ1n) is 7.02. The van der Waals surface area contributed by atoms with Gasteiger partial charge in [-0.1, -0.05) is 0 Å². The van der Waals surface area contributed by atoms with Gasteiger partial charge in [-0.2, -0.15) is 4.72 Å². The van der Waals surface area contributed by atoms with E-state index >= 15 is 0 Å². The number of nitrogens with zero attached hydrogens (tertiary/aromatic N) is 1. The van der Waals surface area contributed by atoms with Gasteiger partial charge in [0.15, 0.2) is 0 Å². The number of esters is 1. The van der Waals surface area contributed by atoms with E-state index in [2.05, 4.69) is 19.8 Å². The Morgan fingerprint density at radius 3 is 2.50 bits per heavy atom. The predicted octanol–water partition coefficient (Wildman–Crippen LogP) is 0.426. The second-order valence-electron chi connectivity index (χ2n) is 5.77. The SMILES string of the molecule is COC(=O)[C@H](CNC(=O)OC(C)(C)C)NS(=O)(=O)c1cccnc1. The zero-order valence-electron chi connectivity index (χ0n) is 13.9. The highest BCUT2D eigenvalue weighted by molar-refractivity contribution is 7.89. The molecule has 9 nitrogen and oxygen atoms in total. The molecule has 0 fully saturated rings. The number of aromatic nitrogens is 1. The minimum atomic E-state index is -4.00. The van der Waals surface area contributed by atoms with Gasteiger partial charge in [0.2, 0.25) is 10.0 Å². The number of pyridine rings is 1. The molecule has 1 aromatic rings. The molecule has 0 radical (unpaired) electrons. The Hall–Kier alpha value is -2.20. The second-order valence-corrected chi connectivity index (χ2v) is 7.48. The smallest absolute Gasteiger partial charge is 0.407 e. The molecule has 1 heterocycles. The van der Waals surface area contributed by atoms with Gasteiger partial charge in [0.05, 0.1) is 7.11 Å². The third-order valence-corrected chi connectivity index (χ3v) is 4.03. The van der Waals surface area contributed by atoms with Crippen molar-refractivity contribution in [1.82, 2.24) is 15.0 Å². The zero-order chi connectivity index (χ0) is 18.4. The molecule has 0 aliphatic heterocycles. The molecule has 1 atom stereocenters. The van der Waals surface area contributed by atoms with E-state index < -0.39 is 33.7 Å². The van der Waals surface area contributed by atoms with Gasteiger partial charge in [0.1, 0.15) is 16.5 Å². The summed E-state index contributed by atoms with van der Waals surface area (Å²) in [7, 11) is -2.89. The summed E-state index contributed by atoms with van der Waals surface area (Å²) in [6.45, 7) is 4.70. The molecule has 2 N–H and O–H groups in total. The number of carbonyl (C=O) groups excluding carboxylic acids is 2. The van der Waals surface area contributed by atoms with E-state index in [1.807, 2.05) is 0 Å². The number of nitrogens with one attached hydrogen (secondary N) is 2. The molecule has 0 saturated carbocycles. The Morgan fingerprint density at radius 1 is 1.33 bits per heavy atom. The van der Waals surface area contributed by atoms with Crippen LogP contribution in [0, 0.1) is 0 Å². The van der Waals surface area contributed by atoms with E-state index in [0.717, 1.165) is 13.3 Å². The maximum Gasteiger partial charge on any atom is 0.407 e. The number of alkyl carbamates (subject to hydrolysis) is 1. The number of methoxy groups -OCH3 is 1. The summed E-state index contributed by atoms with van der Waals surface area (Å²) in [5.41, 5.74) is -0.722. The minimum absolute atomic E-state index is 0.115. The predicted molar refractivity (Wildman–Crippen MR) is 84.6 cm³/mol. The van der Waals surface area contributed by atoms with Crippen LogP contribution in [0.2, 0.25) is 0 Å². The number of hydrogen-bond acceptors (Lipinski definition) is 7. The van der Waals surface area contributed by atoms with Gasteiger partial charge in [-0.25, -0.2) is 13.2 Å². The van der Waals surface area contributed by atoms with Crippen molar-refractivity contribution >= 4 is 22.1 Å². The third-order valence-electron chi connectivity index (χ3n) is 2.58. The lowest BCUT2D eigenvalue weighted by Gasteiger charge is -2.21. The van der Waals surface area contributed by atoms with Gasteiger partial charge in [-0.3, -0.25) is 9.78 Å². The van der Waals surface area contributed by atoms with Crippen molar-refractivity contribution in [2.75, 3.05) is 13.7 Å². The molecular weight excluding hydrogens is 338 g/mol. The third kappa shape index (κ3) is 6.50. The summed E-state index contributed by atoms with van der Waals surface area (Å²) in [5, 5.41) is 2.32. The van der Waals surface area contributed by atoms with E-state index in [4.69, 9.17) is 4.74 Å². The molecule has 0 saturated heterocycles. The highest BCUT2D eigenvalue weighted by Gasteiger charge is 2.28. The summed E-state index contributed by atoms with van der Waals surface area (Å²) in [6, 6.07) is 1.46. The Labute approximate surface area is 140 Å². The van der Waals surface area contributed by atoms with E-state index in [-0.39, 0.29) is 11.4 Å². The standard InChI is InChI=1S/C14H21N3O6S/c1-14(2,3)23-13(19)16-9-11(12(18)22-4)17-24(20,21)10-6-5-7-15-8-10/h5-8,11,17H,9H2,1-4H3,(H,16,19)/t11-/m0/s1. The minimum Gasteiger partial charge on any atom is -0.468 e. The molecular formula is C14H21N3O6S. The lowest BCUT2D eigenvalue weighted by atomic mass is 10.2. The molecule has 1 rings (SSSR count). The van der Waals surface area contributed by atoms with Crippen LogP contribution in [0.5, 0.6) is 0 Å². The van der Waals surface area contributed by atoms with Crippen LogP contribution in [0.25, 0.3) is 0 Å². The van der Waals surface area contributed by atoms with E-state index in [9.17, 15) is 18.0 Å². The van der Waals surface area contributed by atoms with Crippen LogP contribution in [0.4, 0.5) is 4.79 Å². The lowest BCUT2D eigenvalue weighted by Crippen LogP contribution is -2.49. The summed E-state index contributed by atoms with van der Waals surface area (Å²) < 4.78 is 36.2. The normalized spacial score (nSPS) is 13.0. The van der Waals surface area contributed by atoms with E-state index in [1.165, 1.54) is 18.3 Å². The van der Waals surface area contributed by atoms with Gasteiger partial charge < -0.3 is 14.8 Å². The zero-order valence-corrected chi connectivity index (χ0v) is 14.7. The van der Waals surface area contributed by atoms with Gasteiger partial charge in [-0.15, -0.1) is 0 Å². The monoisotopic (exact) mass is 359 g/mol. The van der Waals surface area contributed by atoms with Gasteiger partial charge in [0.25, 0.3) is 0 Å². The number of sulfonamides is 1. The van der Waals surface area contributed by atoms with Crippen molar-refractivity contribution < 1.29 is 27.5 Å². The first-order valence-corrected chi connectivity index (χ1v) is 8.50. The molecule has 24 heavy (non-hydrogen) atoms. The van der Waals surface area contributed by atoms with Crippen LogP contribution in [0.15, 0.2) is 29.4 Å². The Kier molecular flexibility index (Phi) is 6.67. The maximum absolute atomic E-state index is 12.2. The molecule has 1 aromatic heterocycles. The van der Waals surface area contributed by atoms with Gasteiger partial charge in [-0.05, 0) is 32.9 Å². The van der Waals surface area contributed by atoms with Crippen molar-refractivity contribution in [2.24, 2.45) is 0 Å². The second kappa shape index (κ2) is 8.06. The molecule has 0 aliphatic carbocycles.